The maximum Gasteiger partial charge on any atom is 0.346 e. The normalized spacial score (nSPS) is 8.67. The first-order valence-corrected chi connectivity index (χ1v) is 3.45. The van der Waals surface area contributed by atoms with Gasteiger partial charge in [0.25, 0.3) is 0 Å². The van der Waals surface area contributed by atoms with Gasteiger partial charge in [-0.25, -0.2) is 9.59 Å². The average molecular weight is 193 g/mol. The second-order valence-corrected chi connectivity index (χ2v) is 2.46. The third-order valence-electron chi connectivity index (χ3n) is 1.12. The van der Waals surface area contributed by atoms with Crippen LogP contribution in [-0.4, -0.2) is 26.2 Å². The number of esters is 2. The SMILES string of the molecule is COC(=O)C(C(=O)OC)=C(C)Cl. The number of methoxy groups -OCH3 is 2. The zero-order chi connectivity index (χ0) is 9.72. The van der Waals surface area contributed by atoms with Crippen LogP contribution < -0.4 is 0 Å². The molecule has 0 aliphatic carbocycles. The van der Waals surface area contributed by atoms with E-state index in [0.29, 0.717) is 0 Å². The second-order valence-electron chi connectivity index (χ2n) is 1.89. The van der Waals surface area contributed by atoms with Crippen molar-refractivity contribution in [1.82, 2.24) is 0 Å². The first-order chi connectivity index (χ1) is 5.54. The van der Waals surface area contributed by atoms with E-state index in [1.165, 1.54) is 6.92 Å². The summed E-state index contributed by atoms with van der Waals surface area (Å²) in [7, 11) is 2.32. The molecule has 0 bridgehead atoms. The van der Waals surface area contributed by atoms with Gasteiger partial charge in [-0.3, -0.25) is 0 Å². The van der Waals surface area contributed by atoms with Crippen molar-refractivity contribution < 1.29 is 19.1 Å². The Balaban J connectivity index is 4.83. The molecule has 5 heteroatoms. The van der Waals surface area contributed by atoms with Gasteiger partial charge in [-0.1, -0.05) is 11.6 Å². The molecule has 12 heavy (non-hydrogen) atoms. The zero-order valence-electron chi connectivity index (χ0n) is 7.01. The number of hydrogen-bond acceptors (Lipinski definition) is 4. The molecule has 0 N–H and O–H groups in total. The van der Waals surface area contributed by atoms with Gasteiger partial charge in [0.1, 0.15) is 0 Å². The van der Waals surface area contributed by atoms with E-state index in [9.17, 15) is 9.59 Å². The number of carbonyl (C=O) groups excluding carboxylic acids is 2. The highest BCUT2D eigenvalue weighted by Crippen LogP contribution is 2.11. The Morgan fingerprint density at radius 3 is 1.58 bits per heavy atom. The molecule has 0 unspecified atom stereocenters. The molecule has 0 spiro atoms. The smallest absolute Gasteiger partial charge is 0.346 e. The number of hydrogen-bond donors (Lipinski definition) is 0. The Morgan fingerprint density at radius 2 is 1.42 bits per heavy atom. The van der Waals surface area contributed by atoms with Crippen LogP contribution in [0.3, 0.4) is 0 Å². The largest absolute Gasteiger partial charge is 0.465 e. The van der Waals surface area contributed by atoms with Crippen LogP contribution >= 0.6 is 11.6 Å². The molecule has 0 aromatic heterocycles. The van der Waals surface area contributed by atoms with Crippen molar-refractivity contribution in [3.05, 3.63) is 10.6 Å². The Labute approximate surface area is 75.1 Å². The summed E-state index contributed by atoms with van der Waals surface area (Å²) in [5.74, 6) is -1.59. The molecule has 0 heterocycles. The molecule has 4 nitrogen and oxygen atoms in total. The van der Waals surface area contributed by atoms with Gasteiger partial charge in [0.2, 0.25) is 0 Å². The molecule has 0 aromatic carbocycles. The van der Waals surface area contributed by atoms with Gasteiger partial charge in [0, 0.05) is 5.03 Å². The van der Waals surface area contributed by atoms with Crippen LogP contribution in [0.5, 0.6) is 0 Å². The van der Waals surface area contributed by atoms with Crippen LogP contribution in [0.2, 0.25) is 0 Å². The molecule has 0 radical (unpaired) electrons. The van der Waals surface area contributed by atoms with Gasteiger partial charge in [0.15, 0.2) is 5.57 Å². The van der Waals surface area contributed by atoms with Crippen molar-refractivity contribution in [3.63, 3.8) is 0 Å². The Bertz CT molecular complexity index is 210. The van der Waals surface area contributed by atoms with Crippen LogP contribution in [0.25, 0.3) is 0 Å². The summed E-state index contributed by atoms with van der Waals surface area (Å²) in [4.78, 5) is 21.8. The molecule has 0 fully saturated rings. The Morgan fingerprint density at radius 1 is 1.08 bits per heavy atom. The van der Waals surface area contributed by atoms with Gasteiger partial charge in [-0.05, 0) is 6.92 Å². The van der Waals surface area contributed by atoms with E-state index >= 15 is 0 Å². The summed E-state index contributed by atoms with van der Waals surface area (Å²) in [5, 5.41) is 0.0497. The van der Waals surface area contributed by atoms with E-state index in [2.05, 4.69) is 9.47 Å². The Kier molecular flexibility index (Phi) is 4.36. The highest BCUT2D eigenvalue weighted by Gasteiger charge is 2.21. The van der Waals surface area contributed by atoms with Crippen LogP contribution in [0.15, 0.2) is 10.6 Å². The average Bonchev–Trinajstić information content (AvgIpc) is 2.03. The van der Waals surface area contributed by atoms with Gasteiger partial charge in [-0.2, -0.15) is 0 Å². The van der Waals surface area contributed by atoms with Crippen LogP contribution in [-0.2, 0) is 19.1 Å². The van der Waals surface area contributed by atoms with E-state index in [1.807, 2.05) is 0 Å². The monoisotopic (exact) mass is 192 g/mol. The second kappa shape index (κ2) is 4.77. The maximum absolute atomic E-state index is 10.9. The fourth-order valence-corrected chi connectivity index (χ4v) is 0.723. The molecular formula is C7H9ClO4. The van der Waals surface area contributed by atoms with Gasteiger partial charge in [-0.15, -0.1) is 0 Å². The number of halogens is 1. The quantitative estimate of drug-likeness (QED) is 0.282. The van der Waals surface area contributed by atoms with E-state index in [1.54, 1.807) is 0 Å². The Hall–Kier alpha value is -1.03. The number of allylic oxidation sites excluding steroid dienone is 1. The fraction of sp³-hybridized carbons (Fsp3) is 0.429. The summed E-state index contributed by atoms with van der Waals surface area (Å²) in [6, 6.07) is 0. The number of ether oxygens (including phenoxy) is 2. The lowest BCUT2D eigenvalue weighted by Crippen LogP contribution is -2.16. The van der Waals surface area contributed by atoms with E-state index in [4.69, 9.17) is 11.6 Å². The highest BCUT2D eigenvalue weighted by molar-refractivity contribution is 6.35. The van der Waals surface area contributed by atoms with Crippen LogP contribution in [0.4, 0.5) is 0 Å². The minimum absolute atomic E-state index is 0.0497. The molecule has 0 rings (SSSR count). The third-order valence-corrected chi connectivity index (χ3v) is 1.31. The first kappa shape index (κ1) is 11.0. The zero-order valence-corrected chi connectivity index (χ0v) is 7.77. The van der Waals surface area contributed by atoms with E-state index < -0.39 is 11.9 Å². The predicted octanol–water partition coefficient (Wildman–Crippen LogP) is 0.845. The first-order valence-electron chi connectivity index (χ1n) is 3.07. The van der Waals surface area contributed by atoms with Crippen LogP contribution in [0, 0.1) is 0 Å². The lowest BCUT2D eigenvalue weighted by molar-refractivity contribution is -0.144. The highest BCUT2D eigenvalue weighted by atomic mass is 35.5. The number of carbonyl (C=O) groups is 2. The van der Waals surface area contributed by atoms with Gasteiger partial charge in [0.05, 0.1) is 14.2 Å². The van der Waals surface area contributed by atoms with E-state index in [-0.39, 0.29) is 10.6 Å². The standard InChI is InChI=1S/C7H9ClO4/c1-4(8)5(6(9)11-2)7(10)12-3/h1-3H3. The summed E-state index contributed by atoms with van der Waals surface area (Å²) >= 11 is 5.47. The molecule has 0 saturated carbocycles. The van der Waals surface area contributed by atoms with Crippen molar-refractivity contribution in [3.8, 4) is 0 Å². The molecule has 0 saturated heterocycles. The molecular weight excluding hydrogens is 184 g/mol. The van der Waals surface area contributed by atoms with Crippen molar-refractivity contribution in [2.24, 2.45) is 0 Å². The fourth-order valence-electron chi connectivity index (χ4n) is 0.569. The van der Waals surface area contributed by atoms with Crippen molar-refractivity contribution >= 4 is 23.5 Å². The summed E-state index contributed by atoms with van der Waals surface area (Å²) in [6.45, 7) is 1.41. The number of rotatable bonds is 2. The topological polar surface area (TPSA) is 52.6 Å². The minimum Gasteiger partial charge on any atom is -0.465 e. The van der Waals surface area contributed by atoms with Gasteiger partial charge >= 0.3 is 11.9 Å². The molecule has 0 atom stereocenters. The van der Waals surface area contributed by atoms with Crippen molar-refractivity contribution in [2.75, 3.05) is 14.2 Å². The van der Waals surface area contributed by atoms with Crippen molar-refractivity contribution in [1.29, 1.82) is 0 Å². The lowest BCUT2D eigenvalue weighted by Gasteiger charge is -2.03. The van der Waals surface area contributed by atoms with Crippen LogP contribution in [0.1, 0.15) is 6.92 Å². The van der Waals surface area contributed by atoms with Gasteiger partial charge < -0.3 is 9.47 Å². The summed E-state index contributed by atoms with van der Waals surface area (Å²) in [6.07, 6.45) is 0. The molecule has 0 aliphatic heterocycles. The predicted molar refractivity (Wildman–Crippen MR) is 42.6 cm³/mol. The van der Waals surface area contributed by atoms with Crippen molar-refractivity contribution in [2.45, 2.75) is 6.92 Å². The lowest BCUT2D eigenvalue weighted by atomic mass is 10.2. The molecule has 0 aromatic rings. The maximum atomic E-state index is 10.9. The van der Waals surface area contributed by atoms with E-state index in [0.717, 1.165) is 14.2 Å². The molecule has 0 amide bonds. The summed E-state index contributed by atoms with van der Waals surface area (Å²) in [5.41, 5.74) is -0.276. The third kappa shape index (κ3) is 2.54. The molecule has 68 valence electrons. The minimum atomic E-state index is -0.797. The summed E-state index contributed by atoms with van der Waals surface area (Å²) < 4.78 is 8.63. The molecule has 0 aliphatic rings.